The number of hydrogen-bond donors (Lipinski definition) is 0. The lowest BCUT2D eigenvalue weighted by Gasteiger charge is -2.05. The van der Waals surface area contributed by atoms with Gasteiger partial charge >= 0.3 is 5.69 Å². The second-order valence-corrected chi connectivity index (χ2v) is 6.16. The van der Waals surface area contributed by atoms with E-state index in [-0.39, 0.29) is 0 Å². The standard InChI is InChI=1S/C16H14FNO2S/c17-15-8-11(4-7-16(15)18(19)20)10-21-14-6-5-12-2-1-3-13(12)9-14/h4-9H,1-3,10H2. The van der Waals surface area contributed by atoms with Crippen molar-refractivity contribution < 1.29 is 9.31 Å². The Balaban J connectivity index is 1.70. The van der Waals surface area contributed by atoms with E-state index < -0.39 is 16.4 Å². The number of nitrogens with zero attached hydrogens (tertiary/aromatic N) is 1. The minimum atomic E-state index is -0.771. The number of fused-ring (bicyclic) bond motifs is 1. The van der Waals surface area contributed by atoms with Crippen LogP contribution in [0, 0.1) is 15.9 Å². The van der Waals surface area contributed by atoms with Gasteiger partial charge < -0.3 is 0 Å². The summed E-state index contributed by atoms with van der Waals surface area (Å²) in [7, 11) is 0. The molecule has 108 valence electrons. The third-order valence-electron chi connectivity index (χ3n) is 3.68. The summed E-state index contributed by atoms with van der Waals surface area (Å²) in [5.41, 5.74) is 3.13. The molecule has 0 saturated carbocycles. The van der Waals surface area contributed by atoms with Crippen molar-refractivity contribution >= 4 is 17.4 Å². The molecule has 5 heteroatoms. The van der Waals surface area contributed by atoms with Gasteiger partial charge in [0.05, 0.1) is 4.92 Å². The second-order valence-electron chi connectivity index (χ2n) is 5.12. The zero-order valence-corrected chi connectivity index (χ0v) is 12.2. The molecule has 2 aromatic rings. The van der Waals surface area contributed by atoms with E-state index in [0.717, 1.165) is 23.3 Å². The summed E-state index contributed by atoms with van der Waals surface area (Å²) in [6.45, 7) is 0. The Hall–Kier alpha value is -1.88. The van der Waals surface area contributed by atoms with Crippen molar-refractivity contribution in [3.8, 4) is 0 Å². The fourth-order valence-electron chi connectivity index (χ4n) is 2.59. The number of benzene rings is 2. The van der Waals surface area contributed by atoms with E-state index in [1.807, 2.05) is 0 Å². The van der Waals surface area contributed by atoms with Crippen LogP contribution in [0.3, 0.4) is 0 Å². The average molecular weight is 303 g/mol. The van der Waals surface area contributed by atoms with Gasteiger partial charge in [0, 0.05) is 16.7 Å². The molecule has 0 unspecified atom stereocenters. The normalized spacial score (nSPS) is 13.2. The lowest BCUT2D eigenvalue weighted by atomic mass is 10.1. The first kappa shape index (κ1) is 14.1. The van der Waals surface area contributed by atoms with Crippen LogP contribution >= 0.6 is 11.8 Å². The number of nitro benzene ring substituents is 1. The Bertz CT molecular complexity index is 703. The van der Waals surface area contributed by atoms with Gasteiger partial charge in [-0.25, -0.2) is 0 Å². The zero-order chi connectivity index (χ0) is 14.8. The van der Waals surface area contributed by atoms with Crippen molar-refractivity contribution in [1.29, 1.82) is 0 Å². The van der Waals surface area contributed by atoms with Crippen molar-refractivity contribution in [1.82, 2.24) is 0 Å². The summed E-state index contributed by atoms with van der Waals surface area (Å²) in [6.07, 6.45) is 3.51. The lowest BCUT2D eigenvalue weighted by molar-refractivity contribution is -0.387. The SMILES string of the molecule is O=[N+]([O-])c1ccc(CSc2ccc3c(c2)CCC3)cc1F. The van der Waals surface area contributed by atoms with Gasteiger partial charge in [0.25, 0.3) is 0 Å². The van der Waals surface area contributed by atoms with Gasteiger partial charge in [0.2, 0.25) is 5.82 Å². The van der Waals surface area contributed by atoms with Gasteiger partial charge in [-0.15, -0.1) is 11.8 Å². The van der Waals surface area contributed by atoms with Gasteiger partial charge in [-0.05, 0) is 54.2 Å². The van der Waals surface area contributed by atoms with E-state index in [4.69, 9.17) is 0 Å². The van der Waals surface area contributed by atoms with Crippen LogP contribution in [0.15, 0.2) is 41.3 Å². The predicted molar refractivity (Wildman–Crippen MR) is 81.1 cm³/mol. The first-order valence-corrected chi connectivity index (χ1v) is 7.79. The molecule has 1 aliphatic rings. The molecule has 0 bridgehead atoms. The summed E-state index contributed by atoms with van der Waals surface area (Å²) in [6, 6.07) is 10.6. The number of rotatable bonds is 4. The van der Waals surface area contributed by atoms with Crippen LogP contribution in [0.4, 0.5) is 10.1 Å². The van der Waals surface area contributed by atoms with E-state index in [2.05, 4.69) is 18.2 Å². The molecule has 21 heavy (non-hydrogen) atoms. The Kier molecular flexibility index (Phi) is 3.92. The molecule has 0 atom stereocenters. The van der Waals surface area contributed by atoms with Crippen LogP contribution in [0.1, 0.15) is 23.1 Å². The van der Waals surface area contributed by atoms with E-state index in [1.165, 1.54) is 29.7 Å². The van der Waals surface area contributed by atoms with Crippen LogP contribution in [0.2, 0.25) is 0 Å². The van der Waals surface area contributed by atoms with E-state index >= 15 is 0 Å². The first-order chi connectivity index (χ1) is 10.1. The number of nitro groups is 1. The third kappa shape index (κ3) is 3.08. The first-order valence-electron chi connectivity index (χ1n) is 6.81. The van der Waals surface area contributed by atoms with Crippen LogP contribution in [-0.2, 0) is 18.6 Å². The van der Waals surface area contributed by atoms with E-state index in [1.54, 1.807) is 17.8 Å². The molecule has 0 aliphatic heterocycles. The fraction of sp³-hybridized carbons (Fsp3) is 0.250. The maximum atomic E-state index is 13.6. The highest BCUT2D eigenvalue weighted by molar-refractivity contribution is 7.98. The molecule has 0 spiro atoms. The summed E-state index contributed by atoms with van der Waals surface area (Å²) < 4.78 is 13.6. The number of thioether (sulfide) groups is 1. The molecule has 2 aromatic carbocycles. The van der Waals surface area contributed by atoms with E-state index in [9.17, 15) is 14.5 Å². The van der Waals surface area contributed by atoms with Gasteiger partial charge in [-0.2, -0.15) is 4.39 Å². The molecule has 0 amide bonds. The molecule has 0 fully saturated rings. The number of hydrogen-bond acceptors (Lipinski definition) is 3. The number of aryl methyl sites for hydroxylation is 2. The van der Waals surface area contributed by atoms with Crippen molar-refractivity contribution in [2.45, 2.75) is 29.9 Å². The highest BCUT2D eigenvalue weighted by atomic mass is 32.2. The van der Waals surface area contributed by atoms with Crippen LogP contribution < -0.4 is 0 Å². The van der Waals surface area contributed by atoms with Crippen molar-refractivity contribution in [2.75, 3.05) is 0 Å². The molecule has 0 heterocycles. The maximum absolute atomic E-state index is 13.6. The van der Waals surface area contributed by atoms with Gasteiger partial charge in [-0.3, -0.25) is 10.1 Å². The summed E-state index contributed by atoms with van der Waals surface area (Å²) in [5, 5.41) is 10.6. The molecule has 0 N–H and O–H groups in total. The largest absolute Gasteiger partial charge is 0.304 e. The molecular formula is C16H14FNO2S. The predicted octanol–water partition coefficient (Wildman–Crippen LogP) is 4.51. The van der Waals surface area contributed by atoms with Gasteiger partial charge in [0.1, 0.15) is 0 Å². The lowest BCUT2D eigenvalue weighted by Crippen LogP contribution is -1.93. The van der Waals surface area contributed by atoms with E-state index in [0.29, 0.717) is 5.75 Å². The van der Waals surface area contributed by atoms with Crippen LogP contribution in [0.5, 0.6) is 0 Å². The Morgan fingerprint density at radius 3 is 2.71 bits per heavy atom. The highest BCUT2D eigenvalue weighted by Gasteiger charge is 2.14. The summed E-state index contributed by atoms with van der Waals surface area (Å²) >= 11 is 1.63. The van der Waals surface area contributed by atoms with Crippen LogP contribution in [-0.4, -0.2) is 4.92 Å². The molecule has 0 aromatic heterocycles. The third-order valence-corrected chi connectivity index (χ3v) is 4.75. The van der Waals surface area contributed by atoms with Crippen molar-refractivity contribution in [2.24, 2.45) is 0 Å². The van der Waals surface area contributed by atoms with Crippen molar-refractivity contribution in [3.63, 3.8) is 0 Å². The average Bonchev–Trinajstić information content (AvgIpc) is 2.92. The molecule has 3 rings (SSSR count). The highest BCUT2D eigenvalue weighted by Crippen LogP contribution is 2.30. The second kappa shape index (κ2) is 5.85. The molecule has 3 nitrogen and oxygen atoms in total. The summed E-state index contributed by atoms with van der Waals surface area (Å²) in [4.78, 5) is 11.0. The van der Waals surface area contributed by atoms with Gasteiger partial charge in [-0.1, -0.05) is 12.1 Å². The maximum Gasteiger partial charge on any atom is 0.304 e. The summed E-state index contributed by atoms with van der Waals surface area (Å²) in [5.74, 6) is -0.166. The Morgan fingerprint density at radius 2 is 1.95 bits per heavy atom. The molecule has 1 aliphatic carbocycles. The monoisotopic (exact) mass is 303 g/mol. The molecular weight excluding hydrogens is 289 g/mol. The smallest absolute Gasteiger partial charge is 0.258 e. The zero-order valence-electron chi connectivity index (χ0n) is 11.3. The fourth-order valence-corrected chi connectivity index (χ4v) is 3.50. The number of halogens is 1. The quantitative estimate of drug-likeness (QED) is 0.474. The minimum Gasteiger partial charge on any atom is -0.258 e. The minimum absolute atomic E-state index is 0.471. The van der Waals surface area contributed by atoms with Gasteiger partial charge in [0.15, 0.2) is 0 Å². The molecule has 0 saturated heterocycles. The van der Waals surface area contributed by atoms with Crippen LogP contribution in [0.25, 0.3) is 0 Å². The Morgan fingerprint density at radius 1 is 1.14 bits per heavy atom. The molecule has 0 radical (unpaired) electrons. The van der Waals surface area contributed by atoms with Crippen molar-refractivity contribution in [3.05, 3.63) is 69.0 Å². The topological polar surface area (TPSA) is 43.1 Å². The Labute approximate surface area is 126 Å².